The summed E-state index contributed by atoms with van der Waals surface area (Å²) in [5.74, 6) is 3.51. The van der Waals surface area contributed by atoms with Crippen molar-refractivity contribution in [1.29, 1.82) is 0 Å². The molecule has 21 heavy (non-hydrogen) atoms. The molecule has 4 heteroatoms. The Hall–Kier alpha value is -0.640. The zero-order valence-electron chi connectivity index (χ0n) is 13.6. The van der Waals surface area contributed by atoms with Crippen LogP contribution in [0.1, 0.15) is 76.7 Å². The van der Waals surface area contributed by atoms with E-state index >= 15 is 0 Å². The standard InChI is InChI=1S/C17H28BrN3/c1-4-7-12-8-10-13(11-9-12)16-20-14(5-2)15(18)17(21-16)19-6-3/h12-13H,4-11H2,1-3H3,(H,19,20,21). The molecule has 2 rings (SSSR count). The lowest BCUT2D eigenvalue weighted by Crippen LogP contribution is -2.17. The van der Waals surface area contributed by atoms with Crippen molar-refractivity contribution in [2.24, 2.45) is 5.92 Å². The van der Waals surface area contributed by atoms with Crippen LogP contribution in [-0.4, -0.2) is 16.5 Å². The lowest BCUT2D eigenvalue weighted by Gasteiger charge is -2.28. The van der Waals surface area contributed by atoms with Gasteiger partial charge in [-0.05, 0) is 60.9 Å². The van der Waals surface area contributed by atoms with E-state index in [0.717, 1.165) is 40.7 Å². The number of halogens is 1. The lowest BCUT2D eigenvalue weighted by atomic mass is 9.80. The normalized spacial score (nSPS) is 22.3. The predicted octanol–water partition coefficient (Wildman–Crippen LogP) is 5.31. The van der Waals surface area contributed by atoms with E-state index in [4.69, 9.17) is 9.97 Å². The third-order valence-corrected chi connectivity index (χ3v) is 5.36. The number of aromatic nitrogens is 2. The van der Waals surface area contributed by atoms with E-state index in [1.54, 1.807) is 0 Å². The fourth-order valence-corrected chi connectivity index (χ4v) is 3.93. The van der Waals surface area contributed by atoms with E-state index in [9.17, 15) is 0 Å². The molecule has 118 valence electrons. The molecule has 0 unspecified atom stereocenters. The van der Waals surface area contributed by atoms with E-state index in [2.05, 4.69) is 42.0 Å². The van der Waals surface area contributed by atoms with E-state index in [-0.39, 0.29) is 0 Å². The monoisotopic (exact) mass is 353 g/mol. The van der Waals surface area contributed by atoms with E-state index < -0.39 is 0 Å². The molecule has 1 aromatic heterocycles. The van der Waals surface area contributed by atoms with Crippen LogP contribution < -0.4 is 5.32 Å². The van der Waals surface area contributed by atoms with Gasteiger partial charge in [-0.2, -0.15) is 0 Å². The molecular formula is C17H28BrN3. The molecule has 1 aromatic rings. The molecule has 0 saturated heterocycles. The number of hydrogen-bond donors (Lipinski definition) is 1. The highest BCUT2D eigenvalue weighted by atomic mass is 79.9. The Bertz CT molecular complexity index is 454. The van der Waals surface area contributed by atoms with Gasteiger partial charge in [0.25, 0.3) is 0 Å². The Morgan fingerprint density at radius 3 is 2.38 bits per heavy atom. The molecule has 0 radical (unpaired) electrons. The van der Waals surface area contributed by atoms with Gasteiger partial charge in [0.1, 0.15) is 11.6 Å². The van der Waals surface area contributed by atoms with Gasteiger partial charge in [0.2, 0.25) is 0 Å². The van der Waals surface area contributed by atoms with Gasteiger partial charge in [-0.15, -0.1) is 0 Å². The summed E-state index contributed by atoms with van der Waals surface area (Å²) >= 11 is 3.64. The average molecular weight is 354 g/mol. The maximum absolute atomic E-state index is 4.83. The molecule has 0 amide bonds. The summed E-state index contributed by atoms with van der Waals surface area (Å²) in [6.07, 6.45) is 8.83. The Balaban J connectivity index is 2.14. The second-order valence-electron chi connectivity index (χ2n) is 6.08. The first-order valence-electron chi connectivity index (χ1n) is 8.49. The molecule has 0 aromatic carbocycles. The maximum Gasteiger partial charge on any atom is 0.144 e. The molecule has 1 saturated carbocycles. The van der Waals surface area contributed by atoms with Gasteiger partial charge >= 0.3 is 0 Å². The summed E-state index contributed by atoms with van der Waals surface area (Å²) in [5, 5.41) is 3.36. The summed E-state index contributed by atoms with van der Waals surface area (Å²) in [7, 11) is 0. The Morgan fingerprint density at radius 1 is 1.10 bits per heavy atom. The molecule has 1 aliphatic carbocycles. The lowest BCUT2D eigenvalue weighted by molar-refractivity contribution is 0.302. The predicted molar refractivity (Wildman–Crippen MR) is 92.9 cm³/mol. The van der Waals surface area contributed by atoms with Crippen LogP contribution in [0.3, 0.4) is 0 Å². The number of hydrogen-bond acceptors (Lipinski definition) is 3. The van der Waals surface area contributed by atoms with E-state index in [0.29, 0.717) is 5.92 Å². The van der Waals surface area contributed by atoms with Gasteiger partial charge < -0.3 is 5.32 Å². The number of nitrogens with zero attached hydrogens (tertiary/aromatic N) is 2. The minimum Gasteiger partial charge on any atom is -0.369 e. The number of anilines is 1. The van der Waals surface area contributed by atoms with Gasteiger partial charge in [0, 0.05) is 12.5 Å². The molecule has 0 spiro atoms. The van der Waals surface area contributed by atoms with Crippen LogP contribution in [0.2, 0.25) is 0 Å². The highest BCUT2D eigenvalue weighted by molar-refractivity contribution is 9.10. The number of rotatable bonds is 6. The summed E-state index contributed by atoms with van der Waals surface area (Å²) in [4.78, 5) is 9.63. The second-order valence-corrected chi connectivity index (χ2v) is 6.87. The van der Waals surface area contributed by atoms with Crippen molar-refractivity contribution in [2.45, 2.75) is 71.6 Å². The molecule has 1 heterocycles. The second kappa shape index (κ2) is 8.11. The fraction of sp³-hybridized carbons (Fsp3) is 0.765. The highest BCUT2D eigenvalue weighted by Crippen LogP contribution is 2.37. The first-order chi connectivity index (χ1) is 10.2. The van der Waals surface area contributed by atoms with Crippen LogP contribution in [0.25, 0.3) is 0 Å². The number of aryl methyl sites for hydroxylation is 1. The zero-order valence-corrected chi connectivity index (χ0v) is 15.2. The average Bonchev–Trinajstić information content (AvgIpc) is 2.51. The Morgan fingerprint density at radius 2 is 1.81 bits per heavy atom. The van der Waals surface area contributed by atoms with Gasteiger partial charge in [0.05, 0.1) is 10.2 Å². The van der Waals surface area contributed by atoms with Crippen LogP contribution in [0.5, 0.6) is 0 Å². The molecule has 0 bridgehead atoms. The third kappa shape index (κ3) is 4.18. The first kappa shape index (κ1) is 16.7. The molecule has 0 atom stereocenters. The quantitative estimate of drug-likeness (QED) is 0.753. The smallest absolute Gasteiger partial charge is 0.144 e. The molecule has 1 aliphatic rings. The van der Waals surface area contributed by atoms with Gasteiger partial charge in [-0.25, -0.2) is 9.97 Å². The summed E-state index contributed by atoms with van der Waals surface area (Å²) in [5.41, 5.74) is 1.13. The topological polar surface area (TPSA) is 37.8 Å². The molecular weight excluding hydrogens is 326 g/mol. The Labute approximate surface area is 137 Å². The van der Waals surface area contributed by atoms with Crippen molar-refractivity contribution in [3.8, 4) is 0 Å². The van der Waals surface area contributed by atoms with Gasteiger partial charge in [0.15, 0.2) is 0 Å². The largest absolute Gasteiger partial charge is 0.369 e. The van der Waals surface area contributed by atoms with Crippen molar-refractivity contribution in [1.82, 2.24) is 9.97 Å². The van der Waals surface area contributed by atoms with Crippen molar-refractivity contribution >= 4 is 21.7 Å². The van der Waals surface area contributed by atoms with Crippen LogP contribution in [0.4, 0.5) is 5.82 Å². The SMILES string of the molecule is CCCC1CCC(c2nc(CC)c(Br)c(NCC)n2)CC1. The van der Waals surface area contributed by atoms with Crippen molar-refractivity contribution < 1.29 is 0 Å². The highest BCUT2D eigenvalue weighted by Gasteiger charge is 2.25. The van der Waals surface area contributed by atoms with Crippen molar-refractivity contribution in [2.75, 3.05) is 11.9 Å². The minimum absolute atomic E-state index is 0.550. The van der Waals surface area contributed by atoms with Gasteiger partial charge in [-0.3, -0.25) is 0 Å². The summed E-state index contributed by atoms with van der Waals surface area (Å²) < 4.78 is 1.04. The molecule has 1 fully saturated rings. The van der Waals surface area contributed by atoms with Crippen LogP contribution >= 0.6 is 15.9 Å². The zero-order chi connectivity index (χ0) is 15.2. The van der Waals surface area contributed by atoms with Crippen LogP contribution in [-0.2, 0) is 6.42 Å². The fourth-order valence-electron chi connectivity index (χ4n) is 3.33. The van der Waals surface area contributed by atoms with Crippen LogP contribution in [0.15, 0.2) is 4.47 Å². The molecule has 3 nitrogen and oxygen atoms in total. The number of nitrogens with one attached hydrogen (secondary N) is 1. The molecule has 1 N–H and O–H groups in total. The Kier molecular flexibility index (Phi) is 6.46. The summed E-state index contributed by atoms with van der Waals surface area (Å²) in [6.45, 7) is 7.45. The first-order valence-corrected chi connectivity index (χ1v) is 9.28. The van der Waals surface area contributed by atoms with Crippen molar-refractivity contribution in [3.63, 3.8) is 0 Å². The molecule has 0 aliphatic heterocycles. The van der Waals surface area contributed by atoms with E-state index in [1.165, 1.54) is 38.5 Å². The van der Waals surface area contributed by atoms with E-state index in [1.807, 2.05) is 0 Å². The van der Waals surface area contributed by atoms with Crippen LogP contribution in [0, 0.1) is 5.92 Å². The van der Waals surface area contributed by atoms with Gasteiger partial charge in [-0.1, -0.05) is 26.7 Å². The third-order valence-electron chi connectivity index (χ3n) is 4.53. The van der Waals surface area contributed by atoms with Crippen molar-refractivity contribution in [3.05, 3.63) is 16.0 Å². The maximum atomic E-state index is 4.83. The summed E-state index contributed by atoms with van der Waals surface area (Å²) in [6, 6.07) is 0. The minimum atomic E-state index is 0.550.